The molecule has 0 aliphatic carbocycles. The average Bonchev–Trinajstić information content (AvgIpc) is 2.48. The van der Waals surface area contributed by atoms with Gasteiger partial charge < -0.3 is 9.29 Å². The maximum Gasteiger partial charge on any atom is 0.340 e. The van der Waals surface area contributed by atoms with Crippen molar-refractivity contribution >= 4 is 28.7 Å². The van der Waals surface area contributed by atoms with Crippen LogP contribution in [0.15, 0.2) is 60.7 Å². The van der Waals surface area contributed by atoms with Crippen molar-refractivity contribution < 1.29 is 18.3 Å². The Kier molecular flexibility index (Phi) is 4.54. The molecule has 0 N–H and O–H groups in total. The highest BCUT2D eigenvalue weighted by Gasteiger charge is 2.36. The highest BCUT2D eigenvalue weighted by molar-refractivity contribution is 7.81. The second kappa shape index (κ2) is 6.17. The predicted octanol–water partition coefficient (Wildman–Crippen LogP) is 2.77. The summed E-state index contributed by atoms with van der Waals surface area (Å²) in [5.74, 6) is -0.811. The Balaban J connectivity index is 2.32. The van der Waals surface area contributed by atoms with Crippen LogP contribution < -0.4 is 0 Å². The first-order valence-corrected chi connectivity index (χ1v) is 7.11. The van der Waals surface area contributed by atoms with Gasteiger partial charge in [-0.15, -0.1) is 0 Å². The number of esters is 1. The third-order valence-corrected chi connectivity index (χ3v) is 3.99. The molecule has 0 fully saturated rings. The molecule has 0 radical (unpaired) electrons. The largest absolute Gasteiger partial charge is 0.768 e. The molecule has 4 nitrogen and oxygen atoms in total. The van der Waals surface area contributed by atoms with Crippen LogP contribution >= 0.6 is 11.6 Å². The summed E-state index contributed by atoms with van der Waals surface area (Å²) in [5, 5.41) is 0. The summed E-state index contributed by atoms with van der Waals surface area (Å²) < 4.78 is 25.5. The van der Waals surface area contributed by atoms with Crippen LogP contribution in [-0.4, -0.2) is 14.7 Å². The van der Waals surface area contributed by atoms with E-state index in [4.69, 9.17) is 16.3 Å². The number of ether oxygens (including phenoxy) is 1. The van der Waals surface area contributed by atoms with Crippen LogP contribution in [0, 0.1) is 0 Å². The Morgan fingerprint density at radius 2 is 1.55 bits per heavy atom. The maximum absolute atomic E-state index is 12.0. The number of hydrogen-bond donors (Lipinski definition) is 0. The molecular weight excluding hydrogens is 300 g/mol. The number of carbonyl (C=O) groups excluding carboxylic acids is 1. The average molecular weight is 310 g/mol. The smallest absolute Gasteiger partial charge is 0.340 e. The van der Waals surface area contributed by atoms with E-state index < -0.39 is 21.4 Å². The minimum Gasteiger partial charge on any atom is -0.768 e. The van der Waals surface area contributed by atoms with Crippen molar-refractivity contribution in [3.05, 3.63) is 71.8 Å². The van der Waals surface area contributed by atoms with E-state index in [0.717, 1.165) is 0 Å². The molecule has 2 atom stereocenters. The summed E-state index contributed by atoms with van der Waals surface area (Å²) in [6, 6.07) is 15.9. The lowest BCUT2D eigenvalue weighted by molar-refractivity contribution is 0.0357. The predicted molar refractivity (Wildman–Crippen MR) is 74.8 cm³/mol. The summed E-state index contributed by atoms with van der Waals surface area (Å²) >= 11 is 3.15. The first kappa shape index (κ1) is 14.7. The summed E-state index contributed by atoms with van der Waals surface area (Å²) in [5.41, 5.74) is 0.387. The van der Waals surface area contributed by atoms with Gasteiger partial charge in [0.2, 0.25) is 0 Å². The van der Waals surface area contributed by atoms with Crippen molar-refractivity contribution in [1.29, 1.82) is 0 Å². The molecule has 0 aliphatic rings. The highest BCUT2D eigenvalue weighted by atomic mass is 35.5. The zero-order chi connectivity index (χ0) is 14.6. The fourth-order valence-electron chi connectivity index (χ4n) is 1.58. The van der Waals surface area contributed by atoms with Crippen LogP contribution in [0.1, 0.15) is 15.9 Å². The molecule has 0 saturated carbocycles. The maximum atomic E-state index is 12.0. The van der Waals surface area contributed by atoms with Crippen LogP contribution in [0.25, 0.3) is 0 Å². The third kappa shape index (κ3) is 3.07. The van der Waals surface area contributed by atoms with Crippen molar-refractivity contribution in [2.75, 3.05) is 0 Å². The van der Waals surface area contributed by atoms with Gasteiger partial charge in [0.25, 0.3) is 4.39 Å². The molecule has 6 heteroatoms. The Morgan fingerprint density at radius 1 is 1.05 bits per heavy atom. The number of halogens is 1. The van der Waals surface area contributed by atoms with Crippen LogP contribution in [-0.2, 0) is 20.2 Å². The van der Waals surface area contributed by atoms with E-state index in [9.17, 15) is 13.6 Å². The molecule has 0 heterocycles. The number of benzene rings is 2. The van der Waals surface area contributed by atoms with Gasteiger partial charge in [0.05, 0.1) is 5.56 Å². The normalized spacial score (nSPS) is 15.1. The summed E-state index contributed by atoms with van der Waals surface area (Å²) in [6.45, 7) is 0. The van der Waals surface area contributed by atoms with E-state index in [1.807, 2.05) is 0 Å². The van der Waals surface area contributed by atoms with E-state index in [2.05, 4.69) is 0 Å². The molecule has 2 rings (SSSR count). The zero-order valence-corrected chi connectivity index (χ0v) is 11.8. The summed E-state index contributed by atoms with van der Waals surface area (Å²) in [6.07, 6.45) is 0. The van der Waals surface area contributed by atoms with Gasteiger partial charge in [-0.3, -0.25) is 4.21 Å². The highest BCUT2D eigenvalue weighted by Crippen LogP contribution is 2.34. The fraction of sp³-hybridized carbons (Fsp3) is 0.0714. The van der Waals surface area contributed by atoms with Gasteiger partial charge in [-0.25, -0.2) is 4.79 Å². The second-order valence-electron chi connectivity index (χ2n) is 3.89. The Hall–Kier alpha value is -1.69. The lowest BCUT2D eigenvalue weighted by Crippen LogP contribution is -2.31. The molecule has 0 bridgehead atoms. The van der Waals surface area contributed by atoms with Crippen LogP contribution in [0.5, 0.6) is 0 Å². The quantitative estimate of drug-likeness (QED) is 0.495. The molecule has 104 valence electrons. The number of hydrogen-bond acceptors (Lipinski definition) is 4. The van der Waals surface area contributed by atoms with E-state index in [-0.39, 0.29) is 11.1 Å². The van der Waals surface area contributed by atoms with Crippen molar-refractivity contribution in [2.24, 2.45) is 0 Å². The first-order valence-electron chi connectivity index (χ1n) is 5.66. The minimum atomic E-state index is -2.84. The topological polar surface area (TPSA) is 66.4 Å². The first-order chi connectivity index (χ1) is 9.54. The van der Waals surface area contributed by atoms with Crippen molar-refractivity contribution in [3.8, 4) is 0 Å². The Morgan fingerprint density at radius 3 is 2.05 bits per heavy atom. The van der Waals surface area contributed by atoms with Crippen LogP contribution in [0.3, 0.4) is 0 Å². The number of rotatable bonds is 4. The van der Waals surface area contributed by atoms with E-state index in [1.165, 1.54) is 24.3 Å². The van der Waals surface area contributed by atoms with Gasteiger partial charge in [-0.1, -0.05) is 60.1 Å². The van der Waals surface area contributed by atoms with Gasteiger partial charge in [-0.05, 0) is 12.1 Å². The second-order valence-corrected chi connectivity index (χ2v) is 5.69. The zero-order valence-electron chi connectivity index (χ0n) is 10.2. The fourth-order valence-corrected chi connectivity index (χ4v) is 2.25. The molecule has 2 aromatic carbocycles. The Labute approximate surface area is 123 Å². The number of alkyl halides is 1. The molecule has 20 heavy (non-hydrogen) atoms. The molecular formula is C14H10ClO4S-. The van der Waals surface area contributed by atoms with E-state index in [1.54, 1.807) is 36.4 Å². The molecule has 0 aliphatic heterocycles. The summed E-state index contributed by atoms with van der Waals surface area (Å²) in [4.78, 5) is 12.0. The Bertz CT molecular complexity index is 618. The molecule has 0 saturated heterocycles. The number of carbonyl (C=O) groups is 1. The van der Waals surface area contributed by atoms with E-state index in [0.29, 0.717) is 0 Å². The van der Waals surface area contributed by atoms with Gasteiger partial charge >= 0.3 is 5.97 Å². The van der Waals surface area contributed by atoms with Gasteiger partial charge in [0.1, 0.15) is 0 Å². The van der Waals surface area contributed by atoms with Gasteiger partial charge in [-0.2, -0.15) is 0 Å². The van der Waals surface area contributed by atoms with Gasteiger partial charge in [0.15, 0.2) is 0 Å². The molecule has 0 spiro atoms. The lowest BCUT2D eigenvalue weighted by Gasteiger charge is -2.29. The van der Waals surface area contributed by atoms with E-state index >= 15 is 0 Å². The molecule has 0 aromatic heterocycles. The monoisotopic (exact) mass is 309 g/mol. The molecule has 0 amide bonds. The van der Waals surface area contributed by atoms with Crippen molar-refractivity contribution in [2.45, 2.75) is 4.39 Å². The standard InChI is InChI=1S/C14H11ClO4S/c15-14(20(17)18,12-9-5-2-6-10-12)19-13(16)11-7-3-1-4-8-11/h1-10H,(H,17,18)/p-1. The van der Waals surface area contributed by atoms with Gasteiger partial charge in [0, 0.05) is 16.6 Å². The van der Waals surface area contributed by atoms with Crippen LogP contribution in [0.2, 0.25) is 0 Å². The lowest BCUT2D eigenvalue weighted by atomic mass is 10.2. The third-order valence-electron chi connectivity index (χ3n) is 2.57. The van der Waals surface area contributed by atoms with Crippen molar-refractivity contribution in [3.63, 3.8) is 0 Å². The summed E-state index contributed by atoms with van der Waals surface area (Å²) in [7, 11) is 0. The minimum absolute atomic E-state index is 0.166. The SMILES string of the molecule is O=C(OC(Cl)(c1ccccc1)S(=O)[O-])c1ccccc1. The van der Waals surface area contributed by atoms with Crippen molar-refractivity contribution in [1.82, 2.24) is 0 Å². The van der Waals surface area contributed by atoms with Crippen LogP contribution in [0.4, 0.5) is 0 Å². The molecule has 2 aromatic rings. The molecule has 2 unspecified atom stereocenters.